The normalized spacial score (nSPS) is 13.8. The van der Waals surface area contributed by atoms with Gasteiger partial charge in [-0.2, -0.15) is 0 Å². The molecule has 0 amide bonds. The van der Waals surface area contributed by atoms with E-state index in [-0.39, 0.29) is 17.8 Å². The number of benzene rings is 1. The number of carbonyl (C=O) groups excluding carboxylic acids is 1. The lowest BCUT2D eigenvalue weighted by Gasteiger charge is -2.21. The highest BCUT2D eigenvalue weighted by molar-refractivity contribution is 5.92. The molecule has 0 bridgehead atoms. The Bertz CT molecular complexity index is 845. The summed E-state index contributed by atoms with van der Waals surface area (Å²) >= 11 is 0. The van der Waals surface area contributed by atoms with Crippen LogP contribution in [0.3, 0.4) is 0 Å². The Morgan fingerprint density at radius 3 is 2.71 bits per heavy atom. The van der Waals surface area contributed by atoms with Gasteiger partial charge in [-0.3, -0.25) is 4.79 Å². The Labute approximate surface area is 141 Å². The van der Waals surface area contributed by atoms with Gasteiger partial charge in [-0.05, 0) is 68.7 Å². The standard InChI is InChI=1S/C20H24O4/c1-4-8-15-14-10-7-6-9-13(14)11-16-17(21)12(3)18(24-19(15)16)20(22)23-5-2/h11H,4-10H2,1-3H3. The van der Waals surface area contributed by atoms with Gasteiger partial charge in [-0.1, -0.05) is 13.3 Å². The van der Waals surface area contributed by atoms with Gasteiger partial charge in [0.1, 0.15) is 5.58 Å². The molecule has 1 aromatic carbocycles. The molecule has 1 aromatic heterocycles. The molecule has 4 nitrogen and oxygen atoms in total. The van der Waals surface area contributed by atoms with Crippen LogP contribution < -0.4 is 5.43 Å². The second kappa shape index (κ2) is 6.80. The van der Waals surface area contributed by atoms with Gasteiger partial charge in [0, 0.05) is 5.56 Å². The van der Waals surface area contributed by atoms with Crippen LogP contribution in [0.15, 0.2) is 15.3 Å². The summed E-state index contributed by atoms with van der Waals surface area (Å²) in [5.41, 5.74) is 4.48. The van der Waals surface area contributed by atoms with Crippen molar-refractivity contribution < 1.29 is 13.9 Å². The summed E-state index contributed by atoms with van der Waals surface area (Å²) in [6, 6.07) is 1.98. The van der Waals surface area contributed by atoms with Crippen LogP contribution in [0.4, 0.5) is 0 Å². The number of esters is 1. The number of hydrogen-bond acceptors (Lipinski definition) is 4. The molecule has 128 valence electrons. The average molecular weight is 328 g/mol. The minimum absolute atomic E-state index is 0.0439. The quantitative estimate of drug-likeness (QED) is 0.793. The maximum atomic E-state index is 12.8. The number of carbonyl (C=O) groups is 1. The molecular formula is C20H24O4. The molecule has 0 N–H and O–H groups in total. The van der Waals surface area contributed by atoms with Crippen molar-refractivity contribution in [3.63, 3.8) is 0 Å². The van der Waals surface area contributed by atoms with Crippen LogP contribution in [0.25, 0.3) is 11.0 Å². The van der Waals surface area contributed by atoms with Gasteiger partial charge in [-0.25, -0.2) is 4.79 Å². The summed E-state index contributed by atoms with van der Waals surface area (Å²) in [5.74, 6) is -0.517. The van der Waals surface area contributed by atoms with E-state index in [9.17, 15) is 9.59 Å². The van der Waals surface area contributed by atoms with Crippen LogP contribution in [0, 0.1) is 6.92 Å². The van der Waals surface area contributed by atoms with Crippen molar-refractivity contribution in [3.8, 4) is 0 Å². The maximum Gasteiger partial charge on any atom is 0.374 e. The summed E-state index contributed by atoms with van der Waals surface area (Å²) in [5, 5.41) is 0.602. The lowest BCUT2D eigenvalue weighted by molar-refractivity contribution is 0.0489. The fourth-order valence-electron chi connectivity index (χ4n) is 3.65. The van der Waals surface area contributed by atoms with Crippen molar-refractivity contribution in [1.82, 2.24) is 0 Å². The molecule has 0 aliphatic heterocycles. The molecule has 1 heterocycles. The molecule has 1 aliphatic carbocycles. The van der Waals surface area contributed by atoms with Gasteiger partial charge in [0.2, 0.25) is 5.76 Å². The Morgan fingerprint density at radius 2 is 2.00 bits per heavy atom. The van der Waals surface area contributed by atoms with Gasteiger partial charge < -0.3 is 9.15 Å². The van der Waals surface area contributed by atoms with Crippen molar-refractivity contribution in [2.45, 2.75) is 59.3 Å². The van der Waals surface area contributed by atoms with Crippen molar-refractivity contribution in [2.75, 3.05) is 6.61 Å². The SMILES string of the molecule is CCCc1c2c(cc3c(=O)c(C)c(C(=O)OCC)oc13)CCCC2. The molecule has 0 saturated heterocycles. The lowest BCUT2D eigenvalue weighted by atomic mass is 9.85. The van der Waals surface area contributed by atoms with Crippen molar-refractivity contribution >= 4 is 16.9 Å². The molecule has 2 aromatic rings. The Morgan fingerprint density at radius 1 is 1.25 bits per heavy atom. The molecule has 4 heteroatoms. The predicted molar refractivity (Wildman–Crippen MR) is 93.8 cm³/mol. The highest BCUT2D eigenvalue weighted by Crippen LogP contribution is 2.32. The zero-order valence-corrected chi connectivity index (χ0v) is 14.7. The van der Waals surface area contributed by atoms with Crippen LogP contribution in [-0.4, -0.2) is 12.6 Å². The molecular weight excluding hydrogens is 304 g/mol. The van der Waals surface area contributed by atoms with Crippen LogP contribution >= 0.6 is 0 Å². The summed E-state index contributed by atoms with van der Waals surface area (Å²) in [4.78, 5) is 25.0. The van der Waals surface area contributed by atoms with Crippen LogP contribution in [-0.2, 0) is 24.0 Å². The van der Waals surface area contributed by atoms with E-state index in [0.717, 1.165) is 44.1 Å². The van der Waals surface area contributed by atoms with Crippen molar-refractivity contribution in [1.29, 1.82) is 0 Å². The summed E-state index contributed by atoms with van der Waals surface area (Å²) in [6.07, 6.45) is 6.18. The van der Waals surface area contributed by atoms with Crippen LogP contribution in [0.2, 0.25) is 0 Å². The fourth-order valence-corrected chi connectivity index (χ4v) is 3.65. The fraction of sp³-hybridized carbons (Fsp3) is 0.500. The Kier molecular flexibility index (Phi) is 4.74. The van der Waals surface area contributed by atoms with E-state index in [0.29, 0.717) is 16.5 Å². The number of fused-ring (bicyclic) bond motifs is 2. The second-order valence-electron chi connectivity index (χ2n) is 6.43. The summed E-state index contributed by atoms with van der Waals surface area (Å²) in [7, 11) is 0. The number of hydrogen-bond donors (Lipinski definition) is 0. The molecule has 0 atom stereocenters. The van der Waals surface area contributed by atoms with Crippen molar-refractivity contribution in [3.05, 3.63) is 44.3 Å². The van der Waals surface area contributed by atoms with Crippen LogP contribution in [0.1, 0.15) is 65.9 Å². The Hall–Kier alpha value is -2.10. The van der Waals surface area contributed by atoms with E-state index in [2.05, 4.69) is 6.92 Å². The number of rotatable bonds is 4. The molecule has 1 aliphatic rings. The summed E-state index contributed by atoms with van der Waals surface area (Å²) in [6.45, 7) is 5.75. The van der Waals surface area contributed by atoms with Crippen LogP contribution in [0.5, 0.6) is 0 Å². The van der Waals surface area contributed by atoms with Gasteiger partial charge in [0.05, 0.1) is 12.0 Å². The highest BCUT2D eigenvalue weighted by Gasteiger charge is 2.23. The smallest absolute Gasteiger partial charge is 0.374 e. The minimum Gasteiger partial charge on any atom is -0.460 e. The average Bonchev–Trinajstić information content (AvgIpc) is 2.58. The predicted octanol–water partition coefficient (Wildman–Crippen LogP) is 4.11. The number of ether oxygens (including phenoxy) is 1. The molecule has 0 saturated carbocycles. The molecule has 24 heavy (non-hydrogen) atoms. The Balaban J connectivity index is 2.33. The molecule has 3 rings (SSSR count). The van der Waals surface area contributed by atoms with Gasteiger partial charge in [0.15, 0.2) is 5.43 Å². The first-order valence-electron chi connectivity index (χ1n) is 8.86. The first-order valence-corrected chi connectivity index (χ1v) is 8.86. The van der Waals surface area contributed by atoms with E-state index < -0.39 is 5.97 Å². The molecule has 0 spiro atoms. The van der Waals surface area contributed by atoms with Gasteiger partial charge in [0.25, 0.3) is 0 Å². The maximum absolute atomic E-state index is 12.8. The zero-order valence-electron chi connectivity index (χ0n) is 14.7. The molecule has 0 radical (unpaired) electrons. The minimum atomic E-state index is -0.561. The first kappa shape index (κ1) is 16.7. The summed E-state index contributed by atoms with van der Waals surface area (Å²) < 4.78 is 11.0. The largest absolute Gasteiger partial charge is 0.460 e. The highest BCUT2D eigenvalue weighted by atomic mass is 16.5. The molecule has 0 unspecified atom stereocenters. The number of aryl methyl sites for hydroxylation is 2. The second-order valence-corrected chi connectivity index (χ2v) is 6.43. The lowest BCUT2D eigenvalue weighted by Crippen LogP contribution is -2.17. The molecule has 0 fully saturated rings. The van der Waals surface area contributed by atoms with E-state index in [1.165, 1.54) is 11.1 Å². The van der Waals surface area contributed by atoms with E-state index in [1.807, 2.05) is 6.07 Å². The monoisotopic (exact) mass is 328 g/mol. The van der Waals surface area contributed by atoms with Crippen molar-refractivity contribution in [2.24, 2.45) is 0 Å². The topological polar surface area (TPSA) is 56.5 Å². The first-order chi connectivity index (χ1) is 11.6. The van der Waals surface area contributed by atoms with E-state index in [4.69, 9.17) is 9.15 Å². The third-order valence-electron chi connectivity index (χ3n) is 4.80. The van der Waals surface area contributed by atoms with Gasteiger partial charge >= 0.3 is 5.97 Å². The third-order valence-corrected chi connectivity index (χ3v) is 4.80. The van der Waals surface area contributed by atoms with Gasteiger partial charge in [-0.15, -0.1) is 0 Å². The third kappa shape index (κ3) is 2.74. The van der Waals surface area contributed by atoms with E-state index >= 15 is 0 Å². The van der Waals surface area contributed by atoms with E-state index in [1.54, 1.807) is 13.8 Å². The zero-order chi connectivity index (χ0) is 17.3.